The fourth-order valence-electron chi connectivity index (χ4n) is 1.88. The Hall–Kier alpha value is -0.670. The van der Waals surface area contributed by atoms with Gasteiger partial charge in [-0.2, -0.15) is 8.78 Å². The summed E-state index contributed by atoms with van der Waals surface area (Å²) in [6, 6.07) is 0.0153. The number of carbonyl (C=O) groups excluding carboxylic acids is 1. The molecule has 0 radical (unpaired) electrons. The number of amides is 1. The van der Waals surface area contributed by atoms with Gasteiger partial charge in [0.2, 0.25) is 0 Å². The Morgan fingerprint density at radius 3 is 2.54 bits per heavy atom. The number of rotatable bonds is 2. The lowest BCUT2D eigenvalue weighted by Crippen LogP contribution is -2.41. The molecule has 1 fully saturated rings. The largest absolute Gasteiger partial charge is 0.335 e. The molecule has 76 valence electrons. The number of alkyl halides is 2. The number of hydrogen-bond acceptors (Lipinski definition) is 1. The quantitative estimate of drug-likeness (QED) is 0.652. The highest BCUT2D eigenvalue weighted by atomic mass is 19.3. The van der Waals surface area contributed by atoms with Gasteiger partial charge in [0, 0.05) is 12.6 Å². The zero-order chi connectivity index (χ0) is 10.0. The maximum absolute atomic E-state index is 12.1. The van der Waals surface area contributed by atoms with Crippen molar-refractivity contribution in [3.63, 3.8) is 0 Å². The zero-order valence-corrected chi connectivity index (χ0v) is 7.96. The maximum atomic E-state index is 12.1. The van der Waals surface area contributed by atoms with Crippen molar-refractivity contribution in [3.05, 3.63) is 0 Å². The maximum Gasteiger partial charge on any atom is 0.315 e. The summed E-state index contributed by atoms with van der Waals surface area (Å²) in [6.45, 7) is 4.41. The van der Waals surface area contributed by atoms with E-state index in [2.05, 4.69) is 0 Å². The topological polar surface area (TPSA) is 20.3 Å². The molecule has 0 saturated carbocycles. The van der Waals surface area contributed by atoms with Gasteiger partial charge in [-0.15, -0.1) is 0 Å². The Morgan fingerprint density at radius 1 is 1.46 bits per heavy atom. The van der Waals surface area contributed by atoms with Gasteiger partial charge in [0.05, 0.1) is 0 Å². The average Bonchev–Trinajstić information content (AvgIpc) is 2.50. The van der Waals surface area contributed by atoms with Crippen LogP contribution in [0.3, 0.4) is 0 Å². The molecule has 0 aromatic heterocycles. The summed E-state index contributed by atoms with van der Waals surface area (Å²) in [5.74, 6) is -0.735. The second-order valence-corrected chi connectivity index (χ2v) is 3.79. The molecule has 1 saturated heterocycles. The van der Waals surface area contributed by atoms with Crippen molar-refractivity contribution >= 4 is 5.91 Å². The summed E-state index contributed by atoms with van der Waals surface area (Å²) in [5, 5.41) is 0. The Balaban J connectivity index is 2.63. The second kappa shape index (κ2) is 4.03. The Kier molecular flexibility index (Phi) is 3.22. The summed E-state index contributed by atoms with van der Waals surface area (Å²) >= 11 is 0. The van der Waals surface area contributed by atoms with Crippen molar-refractivity contribution in [2.24, 2.45) is 5.92 Å². The molecule has 13 heavy (non-hydrogen) atoms. The van der Waals surface area contributed by atoms with Gasteiger partial charge < -0.3 is 4.90 Å². The molecule has 1 atom stereocenters. The van der Waals surface area contributed by atoms with Gasteiger partial charge in [-0.1, -0.05) is 13.8 Å². The van der Waals surface area contributed by atoms with Gasteiger partial charge in [-0.05, 0) is 18.8 Å². The van der Waals surface area contributed by atoms with Crippen molar-refractivity contribution in [2.75, 3.05) is 6.54 Å². The third-order valence-electron chi connectivity index (χ3n) is 2.54. The van der Waals surface area contributed by atoms with Crippen LogP contribution in [0.25, 0.3) is 0 Å². The lowest BCUT2D eigenvalue weighted by atomic mass is 10.0. The molecular formula is C9H15F2NO. The first kappa shape index (κ1) is 10.4. The fourth-order valence-corrected chi connectivity index (χ4v) is 1.88. The molecule has 1 rings (SSSR count). The van der Waals surface area contributed by atoms with E-state index in [4.69, 9.17) is 0 Å². The average molecular weight is 191 g/mol. The van der Waals surface area contributed by atoms with Gasteiger partial charge in [0.15, 0.2) is 0 Å². The molecule has 1 aliphatic rings. The Morgan fingerprint density at radius 2 is 2.08 bits per heavy atom. The molecule has 1 aliphatic heterocycles. The minimum atomic E-state index is -2.85. The minimum absolute atomic E-state index is 0.0153. The highest BCUT2D eigenvalue weighted by Gasteiger charge is 2.34. The second-order valence-electron chi connectivity index (χ2n) is 3.79. The third-order valence-corrected chi connectivity index (χ3v) is 2.54. The number of nitrogens with zero attached hydrogens (tertiary/aromatic N) is 1. The van der Waals surface area contributed by atoms with Crippen LogP contribution in [0.1, 0.15) is 26.7 Å². The third kappa shape index (κ3) is 2.17. The van der Waals surface area contributed by atoms with E-state index in [9.17, 15) is 13.6 Å². The van der Waals surface area contributed by atoms with Gasteiger partial charge in [0.25, 0.3) is 5.91 Å². The molecule has 0 aliphatic carbocycles. The summed E-state index contributed by atoms with van der Waals surface area (Å²) in [4.78, 5) is 12.4. The van der Waals surface area contributed by atoms with E-state index in [-0.39, 0.29) is 12.0 Å². The molecular weight excluding hydrogens is 176 g/mol. The Bertz CT molecular complexity index is 194. The number of carbonyl (C=O) groups is 1. The number of halogens is 2. The van der Waals surface area contributed by atoms with E-state index in [0.717, 1.165) is 12.8 Å². The van der Waals surface area contributed by atoms with Crippen LogP contribution in [0.2, 0.25) is 0 Å². The van der Waals surface area contributed by atoms with Crippen LogP contribution in [0, 0.1) is 5.92 Å². The van der Waals surface area contributed by atoms with E-state index in [1.54, 1.807) is 0 Å². The van der Waals surface area contributed by atoms with E-state index < -0.39 is 12.3 Å². The summed E-state index contributed by atoms with van der Waals surface area (Å²) in [5.41, 5.74) is 0. The predicted octanol–water partition coefficient (Wildman–Crippen LogP) is 1.90. The van der Waals surface area contributed by atoms with Crippen molar-refractivity contribution in [1.82, 2.24) is 4.90 Å². The molecule has 0 spiro atoms. The first-order valence-electron chi connectivity index (χ1n) is 4.62. The van der Waals surface area contributed by atoms with E-state index in [1.165, 1.54) is 4.90 Å². The predicted molar refractivity (Wildman–Crippen MR) is 45.6 cm³/mol. The smallest absolute Gasteiger partial charge is 0.315 e. The van der Waals surface area contributed by atoms with Crippen LogP contribution >= 0.6 is 0 Å². The molecule has 1 amide bonds. The molecule has 1 unspecified atom stereocenters. The van der Waals surface area contributed by atoms with Crippen molar-refractivity contribution in [1.29, 1.82) is 0 Å². The normalized spacial score (nSPS) is 23.2. The lowest BCUT2D eigenvalue weighted by Gasteiger charge is -2.27. The lowest BCUT2D eigenvalue weighted by molar-refractivity contribution is -0.144. The molecule has 4 heteroatoms. The molecule has 0 aromatic carbocycles. The van der Waals surface area contributed by atoms with E-state index in [1.807, 2.05) is 13.8 Å². The fraction of sp³-hybridized carbons (Fsp3) is 0.889. The standard InChI is InChI=1S/C9H15F2NO/c1-6(2)7-4-3-5-12(7)9(13)8(10)11/h6-8H,3-5H2,1-2H3. The summed E-state index contributed by atoms with van der Waals surface area (Å²) in [7, 11) is 0. The Labute approximate surface area is 76.9 Å². The first-order valence-corrected chi connectivity index (χ1v) is 4.62. The van der Waals surface area contributed by atoms with Gasteiger partial charge >= 0.3 is 6.43 Å². The first-order chi connectivity index (χ1) is 6.04. The van der Waals surface area contributed by atoms with Gasteiger partial charge in [0.1, 0.15) is 0 Å². The highest BCUT2D eigenvalue weighted by Crippen LogP contribution is 2.24. The van der Waals surface area contributed by atoms with Crippen LogP contribution in [0.4, 0.5) is 8.78 Å². The zero-order valence-electron chi connectivity index (χ0n) is 7.96. The van der Waals surface area contributed by atoms with Crippen LogP contribution in [0.5, 0.6) is 0 Å². The number of hydrogen-bond donors (Lipinski definition) is 0. The van der Waals surface area contributed by atoms with Crippen LogP contribution in [-0.4, -0.2) is 29.8 Å². The minimum Gasteiger partial charge on any atom is -0.335 e. The molecule has 0 aromatic rings. The van der Waals surface area contributed by atoms with Gasteiger partial charge in [-0.25, -0.2) is 0 Å². The monoisotopic (exact) mass is 191 g/mol. The van der Waals surface area contributed by atoms with Crippen molar-refractivity contribution in [3.8, 4) is 0 Å². The molecule has 1 heterocycles. The molecule has 0 bridgehead atoms. The van der Waals surface area contributed by atoms with Gasteiger partial charge in [-0.3, -0.25) is 4.79 Å². The van der Waals surface area contributed by atoms with Crippen molar-refractivity contribution < 1.29 is 13.6 Å². The SMILES string of the molecule is CC(C)C1CCCN1C(=O)C(F)F. The van der Waals surface area contributed by atoms with E-state index in [0.29, 0.717) is 6.54 Å². The van der Waals surface area contributed by atoms with Crippen LogP contribution in [-0.2, 0) is 4.79 Å². The highest BCUT2D eigenvalue weighted by molar-refractivity contribution is 5.79. The molecule has 2 nitrogen and oxygen atoms in total. The summed E-state index contributed by atoms with van der Waals surface area (Å²) in [6.07, 6.45) is -1.14. The van der Waals surface area contributed by atoms with E-state index >= 15 is 0 Å². The number of likely N-dealkylation sites (tertiary alicyclic amines) is 1. The van der Waals surface area contributed by atoms with Crippen molar-refractivity contribution in [2.45, 2.75) is 39.2 Å². The van der Waals surface area contributed by atoms with Crippen LogP contribution in [0.15, 0.2) is 0 Å². The summed E-state index contributed by atoms with van der Waals surface area (Å²) < 4.78 is 24.3. The molecule has 0 N–H and O–H groups in total. The van der Waals surface area contributed by atoms with Crippen LogP contribution < -0.4 is 0 Å².